The topological polar surface area (TPSA) is 87.7 Å². The van der Waals surface area contributed by atoms with Crippen molar-refractivity contribution in [2.75, 3.05) is 25.7 Å². The van der Waals surface area contributed by atoms with Crippen LogP contribution in [-0.4, -0.2) is 54.4 Å². The number of thioether (sulfide) groups is 1. The Kier molecular flexibility index (Phi) is 7.77. The minimum atomic E-state index is -1.02. The van der Waals surface area contributed by atoms with Crippen LogP contribution in [0.3, 0.4) is 0 Å². The maximum atomic E-state index is 11.7. The third-order valence-electron chi connectivity index (χ3n) is 2.17. The Morgan fingerprint density at radius 3 is 2.50 bits per heavy atom. The molecule has 0 aliphatic carbocycles. The number of amides is 2. The van der Waals surface area contributed by atoms with Crippen molar-refractivity contribution in [3.8, 4) is 0 Å². The number of rotatable bonds is 8. The molecule has 0 bridgehead atoms. The first-order valence-electron chi connectivity index (χ1n) is 5.61. The van der Waals surface area contributed by atoms with Crippen LogP contribution < -0.4 is 10.6 Å². The number of carbonyl (C=O) groups excluding carboxylic acids is 1. The van der Waals surface area contributed by atoms with Crippen molar-refractivity contribution in [2.24, 2.45) is 0 Å². The van der Waals surface area contributed by atoms with Gasteiger partial charge in [-0.05, 0) is 32.3 Å². The van der Waals surface area contributed by atoms with Gasteiger partial charge in [-0.3, -0.25) is 0 Å². The Labute approximate surface area is 112 Å². The fraction of sp³-hybridized carbons (Fsp3) is 0.818. The number of ether oxygens (including phenoxy) is 1. The number of carbonyl (C=O) groups is 2. The number of aliphatic carboxylic acids is 1. The van der Waals surface area contributed by atoms with E-state index in [1.54, 1.807) is 32.7 Å². The highest BCUT2D eigenvalue weighted by molar-refractivity contribution is 7.98. The van der Waals surface area contributed by atoms with E-state index in [1.807, 2.05) is 6.26 Å². The molecule has 3 N–H and O–H groups in total. The first kappa shape index (κ1) is 17.1. The zero-order valence-electron chi connectivity index (χ0n) is 11.3. The van der Waals surface area contributed by atoms with Crippen LogP contribution >= 0.6 is 11.8 Å². The van der Waals surface area contributed by atoms with Crippen molar-refractivity contribution in [1.82, 2.24) is 10.6 Å². The molecule has 0 aromatic carbocycles. The van der Waals surface area contributed by atoms with Gasteiger partial charge in [-0.1, -0.05) is 0 Å². The van der Waals surface area contributed by atoms with E-state index in [0.717, 1.165) is 0 Å². The van der Waals surface area contributed by atoms with Crippen LogP contribution in [0.5, 0.6) is 0 Å². The van der Waals surface area contributed by atoms with Crippen molar-refractivity contribution in [3.05, 3.63) is 0 Å². The summed E-state index contributed by atoms with van der Waals surface area (Å²) in [4.78, 5) is 22.6. The average molecular weight is 278 g/mol. The maximum absolute atomic E-state index is 11.7. The van der Waals surface area contributed by atoms with Crippen LogP contribution in [0.1, 0.15) is 20.3 Å². The minimum absolute atomic E-state index is 0.350. The van der Waals surface area contributed by atoms with Crippen LogP contribution in [-0.2, 0) is 9.53 Å². The van der Waals surface area contributed by atoms with E-state index in [-0.39, 0.29) is 0 Å². The summed E-state index contributed by atoms with van der Waals surface area (Å²) in [6.45, 7) is 3.95. The van der Waals surface area contributed by atoms with Crippen LogP contribution in [0.25, 0.3) is 0 Å². The summed E-state index contributed by atoms with van der Waals surface area (Å²) in [6, 6.07) is -1.36. The van der Waals surface area contributed by atoms with Crippen molar-refractivity contribution >= 4 is 23.8 Å². The molecule has 0 heterocycles. The highest BCUT2D eigenvalue weighted by atomic mass is 32.2. The summed E-state index contributed by atoms with van der Waals surface area (Å²) >= 11 is 1.54. The molecule has 0 aromatic heterocycles. The molecule has 0 spiro atoms. The molecule has 0 rings (SSSR count). The number of hydrogen-bond acceptors (Lipinski definition) is 4. The quantitative estimate of drug-likeness (QED) is 0.614. The van der Waals surface area contributed by atoms with Gasteiger partial charge in [0.1, 0.15) is 6.04 Å². The van der Waals surface area contributed by atoms with Crippen LogP contribution in [0.15, 0.2) is 0 Å². The third kappa shape index (κ3) is 7.39. The van der Waals surface area contributed by atoms with Gasteiger partial charge < -0.3 is 20.5 Å². The molecule has 0 radical (unpaired) electrons. The lowest BCUT2D eigenvalue weighted by atomic mass is 10.1. The van der Waals surface area contributed by atoms with E-state index in [1.165, 1.54) is 0 Å². The van der Waals surface area contributed by atoms with E-state index in [9.17, 15) is 9.59 Å². The van der Waals surface area contributed by atoms with E-state index >= 15 is 0 Å². The second-order valence-corrected chi connectivity index (χ2v) is 5.57. The van der Waals surface area contributed by atoms with Gasteiger partial charge in [0.05, 0.1) is 12.1 Å². The SMILES string of the molecule is COCC(C)(C)NC(=O)N[C@H](CCSC)C(=O)O. The molecule has 0 aromatic rings. The Bertz CT molecular complexity index is 284. The number of carboxylic acids is 1. The molecule has 0 aliphatic heterocycles. The summed E-state index contributed by atoms with van der Waals surface area (Å²) in [5.41, 5.74) is -0.540. The maximum Gasteiger partial charge on any atom is 0.326 e. The fourth-order valence-corrected chi connectivity index (χ4v) is 1.86. The van der Waals surface area contributed by atoms with Gasteiger partial charge in [-0.15, -0.1) is 0 Å². The van der Waals surface area contributed by atoms with Gasteiger partial charge in [-0.2, -0.15) is 11.8 Å². The molecule has 7 heteroatoms. The third-order valence-corrected chi connectivity index (χ3v) is 2.82. The number of urea groups is 1. The Morgan fingerprint density at radius 1 is 1.44 bits per heavy atom. The van der Waals surface area contributed by atoms with Crippen LogP contribution in [0, 0.1) is 0 Å². The second-order valence-electron chi connectivity index (χ2n) is 4.59. The standard InChI is InChI=1S/C11H22N2O4S/c1-11(2,7-17-3)13-10(16)12-8(9(14)15)5-6-18-4/h8H,5-7H2,1-4H3,(H,14,15)(H2,12,13,16)/t8-/m1/s1. The Morgan fingerprint density at radius 2 is 2.06 bits per heavy atom. The van der Waals surface area contributed by atoms with E-state index in [4.69, 9.17) is 9.84 Å². The molecule has 0 unspecified atom stereocenters. The van der Waals surface area contributed by atoms with Crippen LogP contribution in [0.4, 0.5) is 4.79 Å². The second kappa shape index (κ2) is 8.20. The summed E-state index contributed by atoms with van der Waals surface area (Å²) in [6.07, 6.45) is 2.29. The van der Waals surface area contributed by atoms with Gasteiger partial charge in [0, 0.05) is 7.11 Å². The van der Waals surface area contributed by atoms with Gasteiger partial charge in [0.25, 0.3) is 0 Å². The number of nitrogens with one attached hydrogen (secondary N) is 2. The average Bonchev–Trinajstić information content (AvgIpc) is 2.22. The lowest BCUT2D eigenvalue weighted by molar-refractivity contribution is -0.139. The van der Waals surface area contributed by atoms with Crippen LogP contribution in [0.2, 0.25) is 0 Å². The molecule has 18 heavy (non-hydrogen) atoms. The highest BCUT2D eigenvalue weighted by Gasteiger charge is 2.24. The van der Waals surface area contributed by atoms with Crippen molar-refractivity contribution in [2.45, 2.75) is 31.8 Å². The molecule has 1 atom stereocenters. The van der Waals surface area contributed by atoms with Crippen molar-refractivity contribution < 1.29 is 19.4 Å². The zero-order valence-corrected chi connectivity index (χ0v) is 12.1. The van der Waals surface area contributed by atoms with Crippen molar-refractivity contribution in [1.29, 1.82) is 0 Å². The Hall–Kier alpha value is -0.950. The number of hydrogen-bond donors (Lipinski definition) is 3. The first-order chi connectivity index (χ1) is 8.32. The molecular formula is C11H22N2O4S. The summed E-state index contributed by atoms with van der Waals surface area (Å²) in [7, 11) is 1.54. The van der Waals surface area contributed by atoms with E-state index < -0.39 is 23.6 Å². The zero-order chi connectivity index (χ0) is 14.2. The first-order valence-corrected chi connectivity index (χ1v) is 7.01. The normalized spacial score (nSPS) is 12.9. The van der Waals surface area contributed by atoms with E-state index in [2.05, 4.69) is 10.6 Å². The number of methoxy groups -OCH3 is 1. The van der Waals surface area contributed by atoms with Crippen molar-refractivity contribution in [3.63, 3.8) is 0 Å². The lowest BCUT2D eigenvalue weighted by Crippen LogP contribution is -2.54. The highest BCUT2D eigenvalue weighted by Crippen LogP contribution is 2.04. The summed E-state index contributed by atoms with van der Waals surface area (Å²) < 4.78 is 4.96. The van der Waals surface area contributed by atoms with E-state index in [0.29, 0.717) is 18.8 Å². The molecule has 0 fully saturated rings. The minimum Gasteiger partial charge on any atom is -0.480 e. The van der Waals surface area contributed by atoms with Gasteiger partial charge in [0.2, 0.25) is 0 Å². The molecule has 0 aliphatic rings. The summed E-state index contributed by atoms with van der Waals surface area (Å²) in [5.74, 6) is -0.345. The monoisotopic (exact) mass is 278 g/mol. The Balaban J connectivity index is 4.29. The summed E-state index contributed by atoms with van der Waals surface area (Å²) in [5, 5.41) is 14.1. The van der Waals surface area contributed by atoms with Gasteiger partial charge >= 0.3 is 12.0 Å². The predicted molar refractivity (Wildman–Crippen MR) is 72.0 cm³/mol. The molecule has 0 saturated heterocycles. The fourth-order valence-electron chi connectivity index (χ4n) is 1.39. The molecule has 6 nitrogen and oxygen atoms in total. The molecular weight excluding hydrogens is 256 g/mol. The molecule has 2 amide bonds. The predicted octanol–water partition coefficient (Wildman–Crippen LogP) is 0.917. The van der Waals surface area contributed by atoms with Gasteiger partial charge in [-0.25, -0.2) is 9.59 Å². The lowest BCUT2D eigenvalue weighted by Gasteiger charge is -2.26. The molecule has 106 valence electrons. The molecule has 0 saturated carbocycles. The number of carboxylic acid groups (broad SMARTS) is 1. The van der Waals surface area contributed by atoms with Gasteiger partial charge in [0.15, 0.2) is 0 Å². The largest absolute Gasteiger partial charge is 0.480 e. The smallest absolute Gasteiger partial charge is 0.326 e.